The van der Waals surface area contributed by atoms with E-state index in [9.17, 15) is 5.11 Å². The summed E-state index contributed by atoms with van der Waals surface area (Å²) in [7, 11) is 3.31. The number of aliphatic hydroxyl groups excluding tert-OH is 1. The average molecular weight is 672 g/mol. The number of likely N-dealkylation sites (tertiary alicyclic amines) is 1. The quantitative estimate of drug-likeness (QED) is 0.148. The topological polar surface area (TPSA) is 110 Å². The summed E-state index contributed by atoms with van der Waals surface area (Å²) in [6.45, 7) is 4.42. The molecular weight excluding hydrogens is 630 g/mol. The van der Waals surface area contributed by atoms with Crippen LogP contribution in [0.15, 0.2) is 104 Å². The summed E-state index contributed by atoms with van der Waals surface area (Å²) in [6.07, 6.45) is 6.66. The number of hydrogen-bond donors (Lipinski definition) is 1. The highest BCUT2D eigenvalue weighted by Crippen LogP contribution is 2.30. The van der Waals surface area contributed by atoms with E-state index < -0.39 is 6.10 Å². The van der Waals surface area contributed by atoms with Crippen molar-refractivity contribution in [3.63, 3.8) is 0 Å². The second-order valence-corrected chi connectivity index (χ2v) is 12.5. The highest BCUT2D eigenvalue weighted by molar-refractivity contribution is 5.65. The van der Waals surface area contributed by atoms with Gasteiger partial charge in [-0.3, -0.25) is 9.88 Å². The van der Waals surface area contributed by atoms with Gasteiger partial charge in [-0.25, -0.2) is 9.50 Å². The lowest BCUT2D eigenvalue weighted by Crippen LogP contribution is -2.25. The number of benzene rings is 3. The Morgan fingerprint density at radius 3 is 2.02 bits per heavy atom. The van der Waals surface area contributed by atoms with E-state index in [1.165, 1.54) is 18.4 Å². The Morgan fingerprint density at radius 1 is 0.780 bits per heavy atom. The molecule has 1 unspecified atom stereocenters. The van der Waals surface area contributed by atoms with Crippen molar-refractivity contribution in [2.45, 2.75) is 45.2 Å². The van der Waals surface area contributed by atoms with E-state index in [-0.39, 0.29) is 12.6 Å². The van der Waals surface area contributed by atoms with E-state index in [0.29, 0.717) is 30.2 Å². The molecule has 1 saturated heterocycles. The van der Waals surface area contributed by atoms with Crippen molar-refractivity contribution in [3.05, 3.63) is 137 Å². The fourth-order valence-electron chi connectivity index (χ4n) is 6.24. The Hall–Kier alpha value is -5.52. The van der Waals surface area contributed by atoms with Crippen LogP contribution >= 0.6 is 0 Å². The summed E-state index contributed by atoms with van der Waals surface area (Å²) in [4.78, 5) is 18.5. The Bertz CT molecular complexity index is 1930. The van der Waals surface area contributed by atoms with Gasteiger partial charge in [0, 0.05) is 37.6 Å². The van der Waals surface area contributed by atoms with Crippen LogP contribution in [0.1, 0.15) is 52.5 Å². The highest BCUT2D eigenvalue weighted by Gasteiger charge is 2.24. The standard InChI is InChI=1S/C39H41N7O4/c1-48-33-15-9-29(10-16-33)25-45(26-30-11-17-34(49-2)18-12-30)38-37-41-23-35(46(37)43-39(42-38)50-27-31-6-5-19-40-22-31)36(47)32-13-7-28(8-14-32)24-44-20-3-4-21-44/h5-19,22-23,36,47H,3-4,20-21,24-27H2,1-2H3. The molecule has 11 nitrogen and oxygen atoms in total. The minimum absolute atomic E-state index is 0.151. The van der Waals surface area contributed by atoms with Crippen molar-refractivity contribution in [1.29, 1.82) is 0 Å². The van der Waals surface area contributed by atoms with Gasteiger partial charge in [0.15, 0.2) is 11.5 Å². The number of hydrogen-bond acceptors (Lipinski definition) is 10. The van der Waals surface area contributed by atoms with E-state index >= 15 is 0 Å². The maximum absolute atomic E-state index is 11.7. The maximum Gasteiger partial charge on any atom is 0.336 e. The van der Waals surface area contributed by atoms with Crippen LogP contribution in [-0.4, -0.2) is 61.9 Å². The Kier molecular flexibility index (Phi) is 10.1. The third kappa shape index (κ3) is 7.69. The van der Waals surface area contributed by atoms with Crippen LogP contribution in [0.3, 0.4) is 0 Å². The number of rotatable bonds is 14. The van der Waals surface area contributed by atoms with Gasteiger partial charge >= 0.3 is 6.01 Å². The van der Waals surface area contributed by atoms with Crippen LogP contribution in [0.2, 0.25) is 0 Å². The number of pyridine rings is 1. The molecule has 3 aromatic heterocycles. The van der Waals surface area contributed by atoms with E-state index in [1.807, 2.05) is 72.8 Å². The molecule has 4 heterocycles. The lowest BCUT2D eigenvalue weighted by atomic mass is 10.0. The molecule has 7 rings (SSSR count). The molecule has 0 radical (unpaired) electrons. The number of ether oxygens (including phenoxy) is 3. The van der Waals surface area contributed by atoms with Gasteiger partial charge in [-0.2, -0.15) is 4.98 Å². The highest BCUT2D eigenvalue weighted by atomic mass is 16.5. The number of fused-ring (bicyclic) bond motifs is 1. The Balaban J connectivity index is 1.26. The second kappa shape index (κ2) is 15.4. The molecule has 0 spiro atoms. The number of imidazole rings is 1. The minimum Gasteiger partial charge on any atom is -0.497 e. The summed E-state index contributed by atoms with van der Waals surface area (Å²) in [5.74, 6) is 2.12. The molecule has 1 N–H and O–H groups in total. The van der Waals surface area contributed by atoms with Crippen LogP contribution in [0, 0.1) is 0 Å². The van der Waals surface area contributed by atoms with Crippen LogP contribution in [-0.2, 0) is 26.2 Å². The summed E-state index contributed by atoms with van der Waals surface area (Å²) < 4.78 is 18.6. The molecule has 1 aliphatic rings. The molecule has 0 aliphatic carbocycles. The lowest BCUT2D eigenvalue weighted by molar-refractivity contribution is 0.211. The molecule has 256 valence electrons. The fourth-order valence-corrected chi connectivity index (χ4v) is 6.24. The first-order valence-corrected chi connectivity index (χ1v) is 16.8. The number of nitrogens with zero attached hydrogens (tertiary/aromatic N) is 7. The summed E-state index contributed by atoms with van der Waals surface area (Å²) in [5.41, 5.74) is 5.97. The van der Waals surface area contributed by atoms with Gasteiger partial charge in [-0.05, 0) is 78.5 Å². The molecule has 0 bridgehead atoms. The van der Waals surface area contributed by atoms with Gasteiger partial charge in [0.1, 0.15) is 24.2 Å². The molecule has 3 aromatic carbocycles. The zero-order chi connectivity index (χ0) is 34.3. The van der Waals surface area contributed by atoms with Gasteiger partial charge in [0.05, 0.1) is 26.1 Å². The van der Waals surface area contributed by atoms with Crippen molar-refractivity contribution in [1.82, 2.24) is 29.5 Å². The number of methoxy groups -OCH3 is 2. The smallest absolute Gasteiger partial charge is 0.336 e. The number of aromatic nitrogens is 5. The second-order valence-electron chi connectivity index (χ2n) is 12.5. The zero-order valence-corrected chi connectivity index (χ0v) is 28.4. The normalized spacial score (nSPS) is 13.7. The van der Waals surface area contributed by atoms with Crippen LogP contribution in [0.5, 0.6) is 17.5 Å². The van der Waals surface area contributed by atoms with Gasteiger partial charge < -0.3 is 24.2 Å². The van der Waals surface area contributed by atoms with Gasteiger partial charge in [-0.1, -0.05) is 54.6 Å². The van der Waals surface area contributed by atoms with Gasteiger partial charge in [0.25, 0.3) is 0 Å². The molecule has 6 aromatic rings. The Labute approximate surface area is 291 Å². The zero-order valence-electron chi connectivity index (χ0n) is 28.4. The van der Waals surface area contributed by atoms with Crippen molar-refractivity contribution in [2.75, 3.05) is 32.2 Å². The fraction of sp³-hybridized carbons (Fsp3) is 0.282. The molecule has 50 heavy (non-hydrogen) atoms. The molecule has 1 aliphatic heterocycles. The van der Waals surface area contributed by atoms with E-state index in [1.54, 1.807) is 37.3 Å². The minimum atomic E-state index is -0.976. The van der Waals surface area contributed by atoms with Crippen LogP contribution < -0.4 is 19.1 Å². The molecule has 0 amide bonds. The molecule has 0 saturated carbocycles. The van der Waals surface area contributed by atoms with Crippen LogP contribution in [0.4, 0.5) is 5.82 Å². The van der Waals surface area contributed by atoms with E-state index in [2.05, 4.69) is 26.9 Å². The lowest BCUT2D eigenvalue weighted by Gasteiger charge is -2.25. The molecule has 11 heteroatoms. The first-order chi connectivity index (χ1) is 24.6. The van der Waals surface area contributed by atoms with Crippen molar-refractivity contribution in [2.24, 2.45) is 0 Å². The number of aliphatic hydroxyl groups is 1. The van der Waals surface area contributed by atoms with Crippen LogP contribution in [0.25, 0.3) is 5.65 Å². The van der Waals surface area contributed by atoms with E-state index in [4.69, 9.17) is 29.3 Å². The largest absolute Gasteiger partial charge is 0.497 e. The Morgan fingerprint density at radius 2 is 1.42 bits per heavy atom. The third-order valence-electron chi connectivity index (χ3n) is 8.99. The molecule has 1 fully saturated rings. The van der Waals surface area contributed by atoms with Gasteiger partial charge in [-0.15, -0.1) is 5.10 Å². The monoisotopic (exact) mass is 671 g/mol. The summed E-state index contributed by atoms with van der Waals surface area (Å²) in [5, 5.41) is 16.5. The third-order valence-corrected chi connectivity index (χ3v) is 8.99. The van der Waals surface area contributed by atoms with Gasteiger partial charge in [0.2, 0.25) is 0 Å². The number of anilines is 1. The summed E-state index contributed by atoms with van der Waals surface area (Å²) in [6, 6.07) is 28.0. The SMILES string of the molecule is COc1ccc(CN(Cc2ccc(OC)cc2)c2nc(OCc3cccnc3)nn3c(C(O)c4ccc(CN5CCCC5)cc4)cnc23)cc1. The average Bonchev–Trinajstić information content (AvgIpc) is 3.85. The first-order valence-electron chi connectivity index (χ1n) is 16.8. The maximum atomic E-state index is 11.7. The van der Waals surface area contributed by atoms with Crippen molar-refractivity contribution in [3.8, 4) is 17.5 Å². The first kappa shape index (κ1) is 33.0. The molecule has 1 atom stereocenters. The summed E-state index contributed by atoms with van der Waals surface area (Å²) >= 11 is 0. The van der Waals surface area contributed by atoms with E-state index in [0.717, 1.165) is 53.4 Å². The van der Waals surface area contributed by atoms with Crippen molar-refractivity contribution >= 4 is 11.5 Å². The van der Waals surface area contributed by atoms with Crippen molar-refractivity contribution < 1.29 is 19.3 Å². The predicted molar refractivity (Wildman–Crippen MR) is 190 cm³/mol. The molecular formula is C39H41N7O4. The predicted octanol–water partition coefficient (Wildman–Crippen LogP) is 6.00.